The summed E-state index contributed by atoms with van der Waals surface area (Å²) in [6.45, 7) is 0. The molecule has 1 heterocycles. The number of halogens is 4. The van der Waals surface area contributed by atoms with Crippen molar-refractivity contribution in [2.24, 2.45) is 0 Å². The first-order chi connectivity index (χ1) is 7.35. The van der Waals surface area contributed by atoms with E-state index in [-0.39, 0.29) is 5.82 Å². The zero-order valence-corrected chi connectivity index (χ0v) is 9.48. The summed E-state index contributed by atoms with van der Waals surface area (Å²) in [4.78, 5) is 6.41. The van der Waals surface area contributed by atoms with E-state index in [2.05, 4.69) is 25.9 Å². The third-order valence-electron chi connectivity index (χ3n) is 2.00. The topological polar surface area (TPSA) is 54.7 Å². The van der Waals surface area contributed by atoms with Gasteiger partial charge in [0.15, 0.2) is 0 Å². The van der Waals surface area contributed by atoms with Gasteiger partial charge in [-0.15, -0.1) is 0 Å². The van der Waals surface area contributed by atoms with E-state index >= 15 is 0 Å². The van der Waals surface area contributed by atoms with Crippen LogP contribution in [0.3, 0.4) is 0 Å². The number of nitrogen functional groups attached to an aromatic ring is 1. The fourth-order valence-corrected chi connectivity index (χ4v) is 1.91. The van der Waals surface area contributed by atoms with Gasteiger partial charge in [-0.3, -0.25) is 0 Å². The fraction of sp³-hybridized carbons (Fsp3) is 0.222. The van der Waals surface area contributed by atoms with E-state index in [1.54, 1.807) is 12.1 Å². The molecule has 0 radical (unpaired) electrons. The van der Waals surface area contributed by atoms with Crippen molar-refractivity contribution >= 4 is 32.7 Å². The normalized spacial score (nSPS) is 12.2. The number of hydrogen-bond donors (Lipinski definition) is 2. The Morgan fingerprint density at radius 2 is 2.06 bits per heavy atom. The van der Waals surface area contributed by atoms with Crippen molar-refractivity contribution in [1.82, 2.24) is 9.97 Å². The molecule has 0 spiro atoms. The monoisotopic (exact) mass is 293 g/mol. The fourth-order valence-electron chi connectivity index (χ4n) is 1.43. The Bertz CT molecular complexity index is 533. The van der Waals surface area contributed by atoms with E-state index in [1.807, 2.05) is 0 Å². The van der Waals surface area contributed by atoms with Gasteiger partial charge in [0.1, 0.15) is 17.8 Å². The maximum atomic E-state index is 12.1. The molecule has 0 aliphatic heterocycles. The number of H-pyrrole nitrogens is 1. The zero-order valence-electron chi connectivity index (χ0n) is 7.90. The van der Waals surface area contributed by atoms with Crippen LogP contribution in [0.15, 0.2) is 16.6 Å². The van der Waals surface area contributed by atoms with E-state index in [1.165, 1.54) is 0 Å². The summed E-state index contributed by atoms with van der Waals surface area (Å²) >= 11 is 3.20. The minimum absolute atomic E-state index is 0.132. The number of aromatic nitrogens is 2. The van der Waals surface area contributed by atoms with Gasteiger partial charge in [-0.1, -0.05) is 15.9 Å². The Morgan fingerprint density at radius 3 is 2.69 bits per heavy atom. The Morgan fingerprint density at radius 1 is 1.38 bits per heavy atom. The highest BCUT2D eigenvalue weighted by atomic mass is 79.9. The highest BCUT2D eigenvalue weighted by molar-refractivity contribution is 9.10. The summed E-state index contributed by atoms with van der Waals surface area (Å²) in [6.07, 6.45) is -5.36. The van der Waals surface area contributed by atoms with E-state index in [4.69, 9.17) is 5.73 Å². The molecule has 0 aliphatic carbocycles. The molecule has 0 bridgehead atoms. The van der Waals surface area contributed by atoms with Gasteiger partial charge >= 0.3 is 6.18 Å². The van der Waals surface area contributed by atoms with Crippen molar-refractivity contribution in [3.05, 3.63) is 22.4 Å². The van der Waals surface area contributed by atoms with Gasteiger partial charge in [-0.25, -0.2) is 4.98 Å². The number of benzene rings is 1. The van der Waals surface area contributed by atoms with Gasteiger partial charge in [-0.05, 0) is 12.1 Å². The summed E-state index contributed by atoms with van der Waals surface area (Å²) in [5.74, 6) is -0.132. The summed E-state index contributed by atoms with van der Waals surface area (Å²) < 4.78 is 37.1. The van der Waals surface area contributed by atoms with Crippen molar-refractivity contribution in [1.29, 1.82) is 0 Å². The molecule has 1 aromatic carbocycles. The number of imidazole rings is 1. The first kappa shape index (κ1) is 11.3. The maximum absolute atomic E-state index is 12.1. The molecule has 2 aromatic rings. The molecule has 0 fully saturated rings. The summed E-state index contributed by atoms with van der Waals surface area (Å²) in [5.41, 5.74) is 6.84. The highest BCUT2D eigenvalue weighted by Gasteiger charge is 2.29. The lowest BCUT2D eigenvalue weighted by Gasteiger charge is -2.01. The second-order valence-corrected chi connectivity index (χ2v) is 4.28. The van der Waals surface area contributed by atoms with Crippen LogP contribution >= 0.6 is 15.9 Å². The maximum Gasteiger partial charge on any atom is 0.396 e. The largest absolute Gasteiger partial charge is 0.397 e. The lowest BCUT2D eigenvalue weighted by Crippen LogP contribution is -2.12. The zero-order chi connectivity index (χ0) is 11.9. The SMILES string of the molecule is Nc1cc(Br)cc2[nH]c(CC(F)(F)F)nc12. The molecule has 16 heavy (non-hydrogen) atoms. The number of nitrogens with one attached hydrogen (secondary N) is 1. The Balaban J connectivity index is 2.48. The number of nitrogens with two attached hydrogens (primary N) is 1. The third kappa shape index (κ3) is 2.29. The van der Waals surface area contributed by atoms with Gasteiger partial charge in [0.25, 0.3) is 0 Å². The molecular weight excluding hydrogens is 287 g/mol. The first-order valence-corrected chi connectivity index (χ1v) is 5.15. The van der Waals surface area contributed by atoms with Crippen molar-refractivity contribution in [3.8, 4) is 0 Å². The van der Waals surface area contributed by atoms with Crippen LogP contribution in [0, 0.1) is 0 Å². The lowest BCUT2D eigenvalue weighted by atomic mass is 10.3. The van der Waals surface area contributed by atoms with Crippen LogP contribution in [0.2, 0.25) is 0 Å². The van der Waals surface area contributed by atoms with E-state index in [9.17, 15) is 13.2 Å². The number of aromatic amines is 1. The minimum atomic E-state index is -4.28. The van der Waals surface area contributed by atoms with Crippen LogP contribution in [-0.2, 0) is 6.42 Å². The molecule has 0 aliphatic rings. The predicted molar refractivity (Wildman–Crippen MR) is 58.0 cm³/mol. The molecule has 2 rings (SSSR count). The van der Waals surface area contributed by atoms with Gasteiger partial charge in [0, 0.05) is 4.47 Å². The van der Waals surface area contributed by atoms with E-state index in [0.29, 0.717) is 21.2 Å². The van der Waals surface area contributed by atoms with Gasteiger partial charge in [0.2, 0.25) is 0 Å². The van der Waals surface area contributed by atoms with E-state index in [0.717, 1.165) is 0 Å². The predicted octanol–water partition coefficient (Wildman–Crippen LogP) is 3.01. The average Bonchev–Trinajstić information content (AvgIpc) is 2.43. The quantitative estimate of drug-likeness (QED) is 0.794. The van der Waals surface area contributed by atoms with Crippen molar-refractivity contribution in [2.75, 3.05) is 5.73 Å². The smallest absolute Gasteiger partial charge is 0.396 e. The van der Waals surface area contributed by atoms with Crippen LogP contribution in [0.1, 0.15) is 5.82 Å². The van der Waals surface area contributed by atoms with Crippen molar-refractivity contribution in [3.63, 3.8) is 0 Å². The Labute approximate surface area is 97.0 Å². The Hall–Kier alpha value is -1.24. The molecule has 0 saturated carbocycles. The highest BCUT2D eigenvalue weighted by Crippen LogP contribution is 2.26. The van der Waals surface area contributed by atoms with Gasteiger partial charge < -0.3 is 10.7 Å². The molecule has 7 heteroatoms. The lowest BCUT2D eigenvalue weighted by molar-refractivity contribution is -0.128. The van der Waals surface area contributed by atoms with Crippen molar-refractivity contribution in [2.45, 2.75) is 12.6 Å². The molecule has 86 valence electrons. The number of rotatable bonds is 1. The summed E-state index contributed by atoms with van der Waals surface area (Å²) in [6, 6.07) is 3.24. The number of fused-ring (bicyclic) bond motifs is 1. The third-order valence-corrected chi connectivity index (χ3v) is 2.46. The number of hydrogen-bond acceptors (Lipinski definition) is 2. The average molecular weight is 294 g/mol. The summed E-state index contributed by atoms with van der Waals surface area (Å²) in [5, 5.41) is 0. The summed E-state index contributed by atoms with van der Waals surface area (Å²) in [7, 11) is 0. The first-order valence-electron chi connectivity index (χ1n) is 4.35. The van der Waals surface area contributed by atoms with Crippen LogP contribution in [0.4, 0.5) is 18.9 Å². The van der Waals surface area contributed by atoms with Crippen LogP contribution in [-0.4, -0.2) is 16.1 Å². The van der Waals surface area contributed by atoms with Crippen LogP contribution < -0.4 is 5.73 Å². The second-order valence-electron chi connectivity index (χ2n) is 3.37. The van der Waals surface area contributed by atoms with Gasteiger partial charge in [0.05, 0.1) is 11.2 Å². The molecule has 3 nitrogen and oxygen atoms in total. The van der Waals surface area contributed by atoms with Crippen LogP contribution in [0.5, 0.6) is 0 Å². The standard InChI is InChI=1S/C9H7BrF3N3/c10-4-1-5(14)8-6(2-4)15-7(16-8)3-9(11,12)13/h1-2H,3,14H2,(H,15,16). The molecular formula is C9H7BrF3N3. The molecule has 1 aromatic heterocycles. The van der Waals surface area contributed by atoms with Gasteiger partial charge in [-0.2, -0.15) is 13.2 Å². The minimum Gasteiger partial charge on any atom is -0.397 e. The molecule has 0 amide bonds. The number of alkyl halides is 3. The van der Waals surface area contributed by atoms with E-state index < -0.39 is 12.6 Å². The van der Waals surface area contributed by atoms with Crippen LogP contribution in [0.25, 0.3) is 11.0 Å². The number of nitrogens with zero attached hydrogens (tertiary/aromatic N) is 1. The Kier molecular flexibility index (Phi) is 2.57. The molecule has 0 unspecified atom stereocenters. The number of anilines is 1. The molecule has 0 atom stereocenters. The van der Waals surface area contributed by atoms with Crippen molar-refractivity contribution < 1.29 is 13.2 Å². The molecule has 3 N–H and O–H groups in total. The second kappa shape index (κ2) is 3.65. The molecule has 0 saturated heterocycles.